The van der Waals surface area contributed by atoms with Gasteiger partial charge in [0.1, 0.15) is 6.04 Å². The summed E-state index contributed by atoms with van der Waals surface area (Å²) in [6, 6.07) is -0.856. The molecule has 2 atom stereocenters. The molecule has 2 unspecified atom stereocenters. The molecule has 0 radical (unpaired) electrons. The maximum Gasteiger partial charge on any atom is 0.420 e. The van der Waals surface area contributed by atoms with Gasteiger partial charge in [-0.05, 0) is 6.92 Å². The molecule has 0 saturated heterocycles. The van der Waals surface area contributed by atoms with Crippen molar-refractivity contribution in [1.82, 2.24) is 0 Å². The van der Waals surface area contributed by atoms with Crippen LogP contribution in [-0.2, 0) is 0 Å². The molecule has 12 heavy (non-hydrogen) atoms. The summed E-state index contributed by atoms with van der Waals surface area (Å²) in [6.45, 7) is 1.37. The van der Waals surface area contributed by atoms with Crippen molar-refractivity contribution in [3.8, 4) is 0 Å². The number of hydrogen-bond acceptors (Lipinski definition) is 1. The largest absolute Gasteiger partial charge is 0.420 e. The molecule has 0 heterocycles. The van der Waals surface area contributed by atoms with E-state index in [1.807, 2.05) is 0 Å². The van der Waals surface area contributed by atoms with Gasteiger partial charge in [0.25, 0.3) is 0 Å². The molecule has 0 rings (SSSR count). The predicted molar refractivity (Wildman–Crippen MR) is 39.6 cm³/mol. The molecule has 74 valence electrons. The minimum absolute atomic E-state index is 0.0840. The smallest absolute Gasteiger partial charge is 0.379 e. The van der Waals surface area contributed by atoms with E-state index in [1.165, 1.54) is 6.92 Å². The lowest BCUT2D eigenvalue weighted by molar-refractivity contribution is -0.899. The van der Waals surface area contributed by atoms with Crippen LogP contribution in [-0.4, -0.2) is 49.1 Å². The predicted octanol–water partition coefficient (Wildman–Crippen LogP) is 1.00. The highest BCUT2D eigenvalue weighted by molar-refractivity contribution is 4.71. The Kier molecular flexibility index (Phi) is 3.14. The number of rotatable bonds is 2. The van der Waals surface area contributed by atoms with E-state index >= 15 is 0 Å². The molecular weight excluding hydrogens is 171 g/mol. The van der Waals surface area contributed by atoms with Crippen LogP contribution in [0.3, 0.4) is 0 Å². The van der Waals surface area contributed by atoms with Crippen molar-refractivity contribution < 1.29 is 22.8 Å². The summed E-state index contributed by atoms with van der Waals surface area (Å²) < 4.78 is 36.0. The van der Waals surface area contributed by atoms with Crippen LogP contribution in [0.4, 0.5) is 13.2 Å². The number of alkyl halides is 3. The van der Waals surface area contributed by atoms with E-state index in [4.69, 9.17) is 5.11 Å². The second-order valence-electron chi connectivity index (χ2n) is 3.84. The molecular formula is C7H15F3NO+. The molecule has 5 heteroatoms. The highest BCUT2D eigenvalue weighted by Gasteiger charge is 2.46. The van der Waals surface area contributed by atoms with E-state index in [-0.39, 0.29) is 4.48 Å². The third kappa shape index (κ3) is 2.98. The molecule has 0 aromatic carbocycles. The van der Waals surface area contributed by atoms with Gasteiger partial charge in [0.15, 0.2) is 0 Å². The molecule has 0 aliphatic heterocycles. The van der Waals surface area contributed by atoms with Crippen molar-refractivity contribution in [3.05, 3.63) is 0 Å². The van der Waals surface area contributed by atoms with Gasteiger partial charge in [-0.2, -0.15) is 13.2 Å². The van der Waals surface area contributed by atoms with Gasteiger partial charge in [-0.25, -0.2) is 0 Å². The molecule has 0 aromatic heterocycles. The molecule has 0 aromatic rings. The van der Waals surface area contributed by atoms with E-state index in [2.05, 4.69) is 0 Å². The third-order valence-corrected chi connectivity index (χ3v) is 2.01. The fraction of sp³-hybridized carbons (Fsp3) is 1.00. The average molecular weight is 186 g/mol. The quantitative estimate of drug-likeness (QED) is 0.638. The van der Waals surface area contributed by atoms with E-state index in [9.17, 15) is 13.2 Å². The van der Waals surface area contributed by atoms with Crippen molar-refractivity contribution in [2.24, 2.45) is 0 Å². The number of halogens is 3. The number of nitrogens with zero attached hydrogens (tertiary/aromatic N) is 1. The van der Waals surface area contributed by atoms with Gasteiger partial charge in [0.05, 0.1) is 21.1 Å². The third-order valence-electron chi connectivity index (χ3n) is 2.01. The summed E-state index contributed by atoms with van der Waals surface area (Å²) >= 11 is 0. The Labute approximate surface area is 70.2 Å². The second kappa shape index (κ2) is 3.22. The Morgan fingerprint density at radius 1 is 1.17 bits per heavy atom. The summed E-state index contributed by atoms with van der Waals surface area (Å²) in [4.78, 5) is 0. The lowest BCUT2D eigenvalue weighted by Crippen LogP contribution is -2.54. The lowest BCUT2D eigenvalue weighted by Gasteiger charge is -2.35. The van der Waals surface area contributed by atoms with Crippen LogP contribution in [0, 0.1) is 0 Å². The molecule has 0 aliphatic rings. The van der Waals surface area contributed by atoms with Crippen LogP contribution in [0.1, 0.15) is 6.92 Å². The Hall–Kier alpha value is -0.290. The van der Waals surface area contributed by atoms with Gasteiger partial charge in [-0.3, -0.25) is 0 Å². The lowest BCUT2D eigenvalue weighted by atomic mass is 10.1. The summed E-state index contributed by atoms with van der Waals surface area (Å²) in [5, 5.41) is 8.85. The SMILES string of the molecule is CC(C(O)C(F)(F)F)[N+](C)(C)C. The normalized spacial score (nSPS) is 19.0. The molecule has 2 nitrogen and oxygen atoms in total. The molecule has 0 amide bonds. The molecule has 0 saturated carbocycles. The zero-order valence-corrected chi connectivity index (χ0v) is 7.68. The first-order valence-corrected chi connectivity index (χ1v) is 3.62. The summed E-state index contributed by atoms with van der Waals surface area (Å²) in [7, 11) is 4.83. The highest BCUT2D eigenvalue weighted by Crippen LogP contribution is 2.25. The first-order chi connectivity index (χ1) is 5.07. The monoisotopic (exact) mass is 186 g/mol. The van der Waals surface area contributed by atoms with Crippen LogP contribution < -0.4 is 0 Å². The van der Waals surface area contributed by atoms with Crippen molar-refractivity contribution in [1.29, 1.82) is 0 Å². The maximum absolute atomic E-state index is 12.0. The zero-order valence-electron chi connectivity index (χ0n) is 7.68. The first-order valence-electron chi connectivity index (χ1n) is 3.62. The zero-order chi connectivity index (χ0) is 10.2. The Bertz CT molecular complexity index is 132. The van der Waals surface area contributed by atoms with Crippen LogP contribution >= 0.6 is 0 Å². The van der Waals surface area contributed by atoms with Crippen molar-refractivity contribution in [3.63, 3.8) is 0 Å². The summed E-state index contributed by atoms with van der Waals surface area (Å²) in [5.74, 6) is 0. The highest BCUT2D eigenvalue weighted by atomic mass is 19.4. The Morgan fingerprint density at radius 3 is 1.58 bits per heavy atom. The fourth-order valence-electron chi connectivity index (χ4n) is 0.697. The van der Waals surface area contributed by atoms with Gasteiger partial charge in [0.2, 0.25) is 6.10 Å². The number of hydrogen-bond donors (Lipinski definition) is 1. The first kappa shape index (κ1) is 11.7. The average Bonchev–Trinajstić information content (AvgIpc) is 1.80. The molecule has 0 aliphatic carbocycles. The van der Waals surface area contributed by atoms with E-state index in [1.54, 1.807) is 21.1 Å². The van der Waals surface area contributed by atoms with Gasteiger partial charge in [-0.15, -0.1) is 0 Å². The van der Waals surface area contributed by atoms with E-state index in [0.717, 1.165) is 0 Å². The fourth-order valence-corrected chi connectivity index (χ4v) is 0.697. The number of aliphatic hydroxyl groups excluding tert-OH is 1. The standard InChI is InChI=1S/C7H15F3NO/c1-5(11(2,3)4)6(12)7(8,9)10/h5-6,12H,1-4H3/q+1. The van der Waals surface area contributed by atoms with Gasteiger partial charge in [0, 0.05) is 0 Å². The number of likely N-dealkylation sites (N-methyl/N-ethyl adjacent to an activating group) is 1. The van der Waals surface area contributed by atoms with Crippen molar-refractivity contribution in [2.45, 2.75) is 25.2 Å². The Morgan fingerprint density at radius 2 is 1.50 bits per heavy atom. The van der Waals surface area contributed by atoms with E-state index < -0.39 is 18.3 Å². The van der Waals surface area contributed by atoms with Crippen LogP contribution in [0.5, 0.6) is 0 Å². The van der Waals surface area contributed by atoms with Crippen LogP contribution in [0.2, 0.25) is 0 Å². The number of aliphatic hydroxyl groups is 1. The topological polar surface area (TPSA) is 20.2 Å². The van der Waals surface area contributed by atoms with Crippen molar-refractivity contribution in [2.75, 3.05) is 21.1 Å². The van der Waals surface area contributed by atoms with Crippen LogP contribution in [0.15, 0.2) is 0 Å². The van der Waals surface area contributed by atoms with Gasteiger partial charge < -0.3 is 9.59 Å². The van der Waals surface area contributed by atoms with E-state index in [0.29, 0.717) is 0 Å². The minimum Gasteiger partial charge on any atom is -0.379 e. The molecule has 0 bridgehead atoms. The van der Waals surface area contributed by atoms with Crippen molar-refractivity contribution >= 4 is 0 Å². The van der Waals surface area contributed by atoms with Crippen LogP contribution in [0.25, 0.3) is 0 Å². The van der Waals surface area contributed by atoms with Gasteiger partial charge in [-0.1, -0.05) is 0 Å². The maximum atomic E-state index is 12.0. The molecule has 1 N–H and O–H groups in total. The molecule has 0 spiro atoms. The summed E-state index contributed by atoms with van der Waals surface area (Å²) in [5.41, 5.74) is 0. The number of quaternary nitrogens is 1. The minimum atomic E-state index is -4.52. The van der Waals surface area contributed by atoms with Gasteiger partial charge >= 0.3 is 6.18 Å². The Balaban J connectivity index is 4.41. The second-order valence-corrected chi connectivity index (χ2v) is 3.84. The summed E-state index contributed by atoms with van der Waals surface area (Å²) in [6.07, 6.45) is -6.78. The molecule has 0 fully saturated rings.